The van der Waals surface area contributed by atoms with Gasteiger partial charge in [0, 0.05) is 10.2 Å². The molecule has 2 unspecified atom stereocenters. The van der Waals surface area contributed by atoms with Gasteiger partial charge in [0.25, 0.3) is 0 Å². The van der Waals surface area contributed by atoms with Gasteiger partial charge in [-0.1, -0.05) is 34.1 Å². The van der Waals surface area contributed by atoms with Gasteiger partial charge in [-0.15, -0.1) is 0 Å². The number of hydrogen-bond donors (Lipinski definition) is 2. The number of aryl methyl sites for hydroxylation is 1. The number of hydrogen-bond acceptors (Lipinski definition) is 2. The van der Waals surface area contributed by atoms with E-state index < -0.39 is 11.7 Å². The second kappa shape index (κ2) is 6.73. The number of carbonyl (C=O) groups excluding carboxylic acids is 2. The van der Waals surface area contributed by atoms with Crippen molar-refractivity contribution >= 4 is 39.1 Å². The molecule has 124 valence electrons. The van der Waals surface area contributed by atoms with Crippen molar-refractivity contribution in [2.24, 2.45) is 11.8 Å². The SMILES string of the molecule is Cc1ccc(NC(=O)C2CC2C(=O)Nc2ccccc2F)cc1Br. The molecule has 1 aliphatic carbocycles. The Balaban J connectivity index is 1.58. The molecule has 6 heteroatoms. The van der Waals surface area contributed by atoms with Gasteiger partial charge in [0.05, 0.1) is 17.5 Å². The Labute approximate surface area is 147 Å². The molecule has 24 heavy (non-hydrogen) atoms. The summed E-state index contributed by atoms with van der Waals surface area (Å²) in [6.07, 6.45) is 0.471. The topological polar surface area (TPSA) is 58.2 Å². The van der Waals surface area contributed by atoms with Crippen molar-refractivity contribution in [1.29, 1.82) is 0 Å². The van der Waals surface area contributed by atoms with Crippen LogP contribution in [0.1, 0.15) is 12.0 Å². The third-order valence-corrected chi connectivity index (χ3v) is 4.89. The Hall–Kier alpha value is -2.21. The first-order valence-corrected chi connectivity index (χ1v) is 8.37. The molecule has 1 aliphatic rings. The van der Waals surface area contributed by atoms with E-state index in [1.54, 1.807) is 12.1 Å². The fraction of sp³-hybridized carbons (Fsp3) is 0.222. The van der Waals surface area contributed by atoms with Crippen molar-refractivity contribution < 1.29 is 14.0 Å². The van der Waals surface area contributed by atoms with Crippen LogP contribution in [0.25, 0.3) is 0 Å². The molecule has 2 atom stereocenters. The highest BCUT2D eigenvalue weighted by molar-refractivity contribution is 9.10. The van der Waals surface area contributed by atoms with E-state index >= 15 is 0 Å². The number of rotatable bonds is 4. The van der Waals surface area contributed by atoms with Crippen LogP contribution in [0.3, 0.4) is 0 Å². The van der Waals surface area contributed by atoms with E-state index in [0.717, 1.165) is 10.0 Å². The number of carbonyl (C=O) groups is 2. The summed E-state index contributed by atoms with van der Waals surface area (Å²) >= 11 is 3.42. The van der Waals surface area contributed by atoms with Crippen LogP contribution in [-0.4, -0.2) is 11.8 Å². The van der Waals surface area contributed by atoms with Crippen molar-refractivity contribution in [2.45, 2.75) is 13.3 Å². The quantitative estimate of drug-likeness (QED) is 0.824. The summed E-state index contributed by atoms with van der Waals surface area (Å²) in [7, 11) is 0. The van der Waals surface area contributed by atoms with E-state index in [-0.39, 0.29) is 23.4 Å². The summed E-state index contributed by atoms with van der Waals surface area (Å²) in [5.74, 6) is -1.81. The zero-order chi connectivity index (χ0) is 17.3. The normalized spacial score (nSPS) is 18.8. The number of halogens is 2. The predicted octanol–water partition coefficient (Wildman–Crippen LogP) is 4.11. The highest BCUT2D eigenvalue weighted by Crippen LogP contribution is 2.40. The summed E-state index contributed by atoms with van der Waals surface area (Å²) in [6.45, 7) is 1.96. The molecule has 2 aromatic carbocycles. The smallest absolute Gasteiger partial charge is 0.228 e. The fourth-order valence-corrected chi connectivity index (χ4v) is 2.85. The molecule has 0 aromatic heterocycles. The molecule has 0 bridgehead atoms. The second-order valence-electron chi connectivity index (χ2n) is 5.87. The molecular weight excluding hydrogens is 375 g/mol. The largest absolute Gasteiger partial charge is 0.326 e. The third kappa shape index (κ3) is 3.64. The minimum absolute atomic E-state index is 0.135. The van der Waals surface area contributed by atoms with Gasteiger partial charge in [0.2, 0.25) is 11.8 Å². The third-order valence-electron chi connectivity index (χ3n) is 4.04. The molecule has 4 nitrogen and oxygen atoms in total. The van der Waals surface area contributed by atoms with E-state index in [0.29, 0.717) is 12.1 Å². The van der Waals surface area contributed by atoms with Crippen LogP contribution in [0, 0.1) is 24.6 Å². The van der Waals surface area contributed by atoms with Crippen LogP contribution in [0.15, 0.2) is 46.9 Å². The van der Waals surface area contributed by atoms with Crippen LogP contribution in [0.4, 0.5) is 15.8 Å². The summed E-state index contributed by atoms with van der Waals surface area (Å²) in [5.41, 5.74) is 1.88. The molecule has 1 saturated carbocycles. The Kier molecular flexibility index (Phi) is 4.66. The Morgan fingerprint density at radius 3 is 2.42 bits per heavy atom. The van der Waals surface area contributed by atoms with E-state index in [1.165, 1.54) is 12.1 Å². The Bertz CT molecular complexity index is 809. The lowest BCUT2D eigenvalue weighted by atomic mass is 10.2. The lowest BCUT2D eigenvalue weighted by Gasteiger charge is -2.08. The van der Waals surface area contributed by atoms with Crippen molar-refractivity contribution in [3.63, 3.8) is 0 Å². The van der Waals surface area contributed by atoms with E-state index in [4.69, 9.17) is 0 Å². The molecule has 0 spiro atoms. The molecule has 0 saturated heterocycles. The van der Waals surface area contributed by atoms with Gasteiger partial charge in [0.1, 0.15) is 5.82 Å². The number of anilines is 2. The standard InChI is InChI=1S/C18H16BrFN2O2/c1-10-6-7-11(8-14(10)19)21-17(23)12-9-13(12)18(24)22-16-5-3-2-4-15(16)20/h2-8,12-13H,9H2,1H3,(H,21,23)(H,22,24). The van der Waals surface area contributed by atoms with Crippen molar-refractivity contribution in [3.8, 4) is 0 Å². The summed E-state index contributed by atoms with van der Waals surface area (Å²) < 4.78 is 14.5. The fourth-order valence-electron chi connectivity index (χ4n) is 2.47. The average Bonchev–Trinajstić information content (AvgIpc) is 3.34. The molecule has 2 aromatic rings. The van der Waals surface area contributed by atoms with Crippen molar-refractivity contribution in [2.75, 3.05) is 10.6 Å². The van der Waals surface area contributed by atoms with Crippen LogP contribution in [0.5, 0.6) is 0 Å². The maximum absolute atomic E-state index is 13.5. The molecular formula is C18H16BrFN2O2. The van der Waals surface area contributed by atoms with E-state index in [9.17, 15) is 14.0 Å². The molecule has 0 aliphatic heterocycles. The highest BCUT2D eigenvalue weighted by Gasteiger charge is 2.48. The lowest BCUT2D eigenvalue weighted by molar-refractivity contribution is -0.122. The maximum Gasteiger partial charge on any atom is 0.228 e. The van der Waals surface area contributed by atoms with Crippen molar-refractivity contribution in [3.05, 3.63) is 58.3 Å². The first-order chi connectivity index (χ1) is 11.5. The van der Waals surface area contributed by atoms with E-state index in [2.05, 4.69) is 26.6 Å². The van der Waals surface area contributed by atoms with Gasteiger partial charge < -0.3 is 10.6 Å². The highest BCUT2D eigenvalue weighted by atomic mass is 79.9. The van der Waals surface area contributed by atoms with Crippen LogP contribution in [0.2, 0.25) is 0 Å². The molecule has 0 heterocycles. The first-order valence-electron chi connectivity index (χ1n) is 7.58. The van der Waals surface area contributed by atoms with Gasteiger partial charge in [-0.25, -0.2) is 4.39 Å². The zero-order valence-corrected chi connectivity index (χ0v) is 14.6. The summed E-state index contributed by atoms with van der Waals surface area (Å²) in [5, 5.41) is 5.35. The van der Waals surface area contributed by atoms with Gasteiger partial charge in [-0.3, -0.25) is 9.59 Å². The second-order valence-corrected chi connectivity index (χ2v) is 6.73. The average molecular weight is 391 g/mol. The number of benzene rings is 2. The van der Waals surface area contributed by atoms with Gasteiger partial charge >= 0.3 is 0 Å². The van der Waals surface area contributed by atoms with Gasteiger partial charge in [0.15, 0.2) is 0 Å². The molecule has 3 rings (SSSR count). The summed E-state index contributed by atoms with van der Waals surface area (Å²) in [6, 6.07) is 11.5. The summed E-state index contributed by atoms with van der Waals surface area (Å²) in [4.78, 5) is 24.4. The minimum atomic E-state index is -0.489. The van der Waals surface area contributed by atoms with Crippen molar-refractivity contribution in [1.82, 2.24) is 0 Å². The van der Waals surface area contributed by atoms with Crippen LogP contribution < -0.4 is 10.6 Å². The van der Waals surface area contributed by atoms with Crippen LogP contribution >= 0.6 is 15.9 Å². The number of para-hydroxylation sites is 1. The number of amides is 2. The Morgan fingerprint density at radius 1 is 1.08 bits per heavy atom. The van der Waals surface area contributed by atoms with Crippen LogP contribution in [-0.2, 0) is 9.59 Å². The maximum atomic E-state index is 13.5. The molecule has 2 N–H and O–H groups in total. The molecule has 1 fully saturated rings. The Morgan fingerprint density at radius 2 is 1.75 bits per heavy atom. The lowest BCUT2D eigenvalue weighted by Crippen LogP contribution is -2.21. The predicted molar refractivity (Wildman–Crippen MR) is 94.1 cm³/mol. The molecule has 0 radical (unpaired) electrons. The van der Waals surface area contributed by atoms with Gasteiger partial charge in [-0.2, -0.15) is 0 Å². The van der Waals surface area contributed by atoms with Gasteiger partial charge in [-0.05, 0) is 43.2 Å². The zero-order valence-electron chi connectivity index (χ0n) is 13.0. The first kappa shape index (κ1) is 16.6. The molecule has 2 amide bonds. The monoisotopic (exact) mass is 390 g/mol. The number of nitrogens with one attached hydrogen (secondary N) is 2. The van der Waals surface area contributed by atoms with E-state index in [1.807, 2.05) is 25.1 Å². The minimum Gasteiger partial charge on any atom is -0.326 e.